The van der Waals surface area contributed by atoms with E-state index in [9.17, 15) is 12.8 Å². The Labute approximate surface area is 267 Å². The van der Waals surface area contributed by atoms with Gasteiger partial charge in [0.15, 0.2) is 5.65 Å². The predicted octanol–water partition coefficient (Wildman–Crippen LogP) is 6.13. The van der Waals surface area contributed by atoms with E-state index in [1.165, 1.54) is 21.8 Å². The van der Waals surface area contributed by atoms with E-state index in [0.717, 1.165) is 54.0 Å². The Hall–Kier alpha value is -4.51. The molecule has 0 atom stereocenters. The van der Waals surface area contributed by atoms with Crippen molar-refractivity contribution in [1.29, 1.82) is 0 Å². The van der Waals surface area contributed by atoms with E-state index in [0.29, 0.717) is 23.1 Å². The number of aryl methyl sites for hydroxylation is 1. The number of hydrogen-bond donors (Lipinski definition) is 1. The molecule has 1 aliphatic heterocycles. The minimum absolute atomic E-state index is 0. The van der Waals surface area contributed by atoms with E-state index in [2.05, 4.69) is 39.6 Å². The molecule has 0 aliphatic carbocycles. The number of nitrogens with one attached hydrogen (secondary N) is 1. The van der Waals surface area contributed by atoms with E-state index >= 15 is 0 Å². The first-order valence-electron chi connectivity index (χ1n) is 14.5. The van der Waals surface area contributed by atoms with Crippen LogP contribution in [0.2, 0.25) is 0 Å². The molecular formula is C34H32ClFN6O2S. The largest absolute Gasteiger partial charge is 0.369 e. The zero-order valence-electron chi connectivity index (χ0n) is 24.6. The summed E-state index contributed by atoms with van der Waals surface area (Å²) in [6.07, 6.45) is 6.89. The van der Waals surface area contributed by atoms with Gasteiger partial charge in [0.25, 0.3) is 10.0 Å². The molecule has 1 N–H and O–H groups in total. The first-order chi connectivity index (χ1) is 21.3. The summed E-state index contributed by atoms with van der Waals surface area (Å²) in [6, 6.07) is 23.6. The lowest BCUT2D eigenvalue weighted by atomic mass is 10.0. The highest BCUT2D eigenvalue weighted by Crippen LogP contribution is 2.35. The quantitative estimate of drug-likeness (QED) is 0.226. The van der Waals surface area contributed by atoms with Crippen LogP contribution in [0.4, 0.5) is 10.1 Å². The maximum Gasteiger partial charge on any atom is 0.269 e. The van der Waals surface area contributed by atoms with Crippen molar-refractivity contribution in [3.8, 4) is 22.3 Å². The van der Waals surface area contributed by atoms with E-state index < -0.39 is 10.0 Å². The molecule has 1 fully saturated rings. The zero-order chi connectivity index (χ0) is 30.3. The molecule has 3 aromatic carbocycles. The Morgan fingerprint density at radius 1 is 0.867 bits per heavy atom. The van der Waals surface area contributed by atoms with Gasteiger partial charge >= 0.3 is 0 Å². The topological polar surface area (TPSA) is 85.0 Å². The number of aromatic nitrogens is 4. The molecule has 6 aromatic rings. The van der Waals surface area contributed by atoms with Gasteiger partial charge in [-0.25, -0.2) is 21.8 Å². The fourth-order valence-corrected chi connectivity index (χ4v) is 7.00. The summed E-state index contributed by atoms with van der Waals surface area (Å²) in [7, 11) is -3.94. The third kappa shape index (κ3) is 6.09. The third-order valence-corrected chi connectivity index (χ3v) is 9.71. The van der Waals surface area contributed by atoms with Crippen molar-refractivity contribution in [3.05, 3.63) is 121 Å². The SMILES string of the molecule is Cc1ccc(S(=O)(=O)n2cc(-c3cnn(Cc4cccc(F)c4)c3)c3cc(-c4ccc(N5CCNCC5)cc4)cnc32)cc1.Cl. The zero-order valence-corrected chi connectivity index (χ0v) is 26.2. The van der Waals surface area contributed by atoms with Gasteiger partial charge < -0.3 is 10.2 Å². The van der Waals surface area contributed by atoms with Crippen LogP contribution in [0.25, 0.3) is 33.3 Å². The van der Waals surface area contributed by atoms with Crippen molar-refractivity contribution in [2.75, 3.05) is 31.1 Å². The second kappa shape index (κ2) is 12.5. The Bertz CT molecular complexity index is 2070. The first-order valence-corrected chi connectivity index (χ1v) is 16.0. The van der Waals surface area contributed by atoms with Crippen LogP contribution in [-0.4, -0.2) is 53.3 Å². The second-order valence-electron chi connectivity index (χ2n) is 11.1. The highest BCUT2D eigenvalue weighted by molar-refractivity contribution is 7.90. The van der Waals surface area contributed by atoms with Crippen molar-refractivity contribution >= 4 is 39.2 Å². The smallest absolute Gasteiger partial charge is 0.269 e. The highest BCUT2D eigenvalue weighted by atomic mass is 35.5. The summed E-state index contributed by atoms with van der Waals surface area (Å²) in [4.78, 5) is 7.25. The molecule has 1 aliphatic rings. The number of rotatable bonds is 7. The summed E-state index contributed by atoms with van der Waals surface area (Å²) >= 11 is 0. The number of nitrogens with zero attached hydrogens (tertiary/aromatic N) is 5. The van der Waals surface area contributed by atoms with Crippen LogP contribution in [0.5, 0.6) is 0 Å². The Morgan fingerprint density at radius 3 is 2.36 bits per heavy atom. The van der Waals surface area contributed by atoms with Gasteiger partial charge in [0, 0.05) is 72.5 Å². The minimum Gasteiger partial charge on any atom is -0.369 e. The van der Waals surface area contributed by atoms with Crippen LogP contribution in [0.1, 0.15) is 11.1 Å². The molecule has 11 heteroatoms. The van der Waals surface area contributed by atoms with Gasteiger partial charge in [-0.15, -0.1) is 12.4 Å². The van der Waals surface area contributed by atoms with Crippen LogP contribution in [-0.2, 0) is 16.6 Å². The van der Waals surface area contributed by atoms with Gasteiger partial charge in [0.2, 0.25) is 0 Å². The third-order valence-electron chi connectivity index (χ3n) is 8.05. The Balaban J connectivity index is 0.00000357. The maximum absolute atomic E-state index is 13.9. The molecule has 7 rings (SSSR count). The average Bonchev–Trinajstić information content (AvgIpc) is 3.66. The lowest BCUT2D eigenvalue weighted by Crippen LogP contribution is -2.43. The molecule has 230 valence electrons. The summed E-state index contributed by atoms with van der Waals surface area (Å²) in [5.41, 5.74) is 6.54. The normalized spacial score (nSPS) is 13.6. The fourth-order valence-electron chi connectivity index (χ4n) is 5.67. The monoisotopic (exact) mass is 642 g/mol. The summed E-state index contributed by atoms with van der Waals surface area (Å²) in [5, 5.41) is 8.58. The summed E-state index contributed by atoms with van der Waals surface area (Å²) in [5.74, 6) is -0.307. The molecule has 1 saturated heterocycles. The van der Waals surface area contributed by atoms with Crippen molar-refractivity contribution in [1.82, 2.24) is 24.1 Å². The highest BCUT2D eigenvalue weighted by Gasteiger charge is 2.24. The van der Waals surface area contributed by atoms with Gasteiger partial charge in [-0.05, 0) is 60.5 Å². The lowest BCUT2D eigenvalue weighted by molar-refractivity contribution is 0.588. The average molecular weight is 643 g/mol. The number of anilines is 1. The van der Waals surface area contributed by atoms with Crippen molar-refractivity contribution < 1.29 is 12.8 Å². The molecule has 0 radical (unpaired) electrons. The molecule has 3 aromatic heterocycles. The van der Waals surface area contributed by atoms with Crippen molar-refractivity contribution in [2.45, 2.75) is 18.4 Å². The molecule has 4 heterocycles. The van der Waals surface area contributed by atoms with E-state index in [-0.39, 0.29) is 23.1 Å². The van der Waals surface area contributed by atoms with Crippen LogP contribution < -0.4 is 10.2 Å². The number of piperazine rings is 1. The van der Waals surface area contributed by atoms with E-state index in [1.807, 2.05) is 25.3 Å². The molecule has 0 amide bonds. The minimum atomic E-state index is -3.94. The van der Waals surface area contributed by atoms with Gasteiger partial charge in [-0.3, -0.25) is 4.68 Å². The molecule has 8 nitrogen and oxygen atoms in total. The van der Waals surface area contributed by atoms with E-state index in [1.54, 1.807) is 53.6 Å². The number of benzene rings is 3. The molecule has 0 spiro atoms. The molecule has 45 heavy (non-hydrogen) atoms. The number of halogens is 2. The molecule has 0 bridgehead atoms. The standard InChI is InChI=1S/C34H31FN6O2S.ClH/c1-24-5-11-31(12-6-24)44(42,43)41-23-33(28-20-38-40(22-28)21-25-3-2-4-29(35)17-25)32-18-27(19-37-34(32)41)26-7-9-30(10-8-26)39-15-13-36-14-16-39;/h2-12,17-20,22-23,36H,13-16,21H2,1H3;1H. The summed E-state index contributed by atoms with van der Waals surface area (Å²) < 4.78 is 44.5. The van der Waals surface area contributed by atoms with Gasteiger partial charge in [0.05, 0.1) is 17.6 Å². The lowest BCUT2D eigenvalue weighted by Gasteiger charge is -2.29. The van der Waals surface area contributed by atoms with Crippen LogP contribution in [0, 0.1) is 12.7 Å². The van der Waals surface area contributed by atoms with Gasteiger partial charge in [-0.1, -0.05) is 42.0 Å². The van der Waals surface area contributed by atoms with Crippen molar-refractivity contribution in [2.24, 2.45) is 0 Å². The fraction of sp³-hybridized carbons (Fsp3) is 0.176. The van der Waals surface area contributed by atoms with Gasteiger partial charge in [-0.2, -0.15) is 5.10 Å². The maximum atomic E-state index is 13.9. The predicted molar refractivity (Wildman–Crippen MR) is 178 cm³/mol. The molecule has 0 saturated carbocycles. The molecule has 0 unspecified atom stereocenters. The number of pyridine rings is 1. The Kier molecular flexibility index (Phi) is 8.46. The Morgan fingerprint density at radius 2 is 1.62 bits per heavy atom. The van der Waals surface area contributed by atoms with Crippen LogP contribution >= 0.6 is 12.4 Å². The molecular weight excluding hydrogens is 611 g/mol. The number of hydrogen-bond acceptors (Lipinski definition) is 6. The van der Waals surface area contributed by atoms with Crippen molar-refractivity contribution in [3.63, 3.8) is 0 Å². The summed E-state index contributed by atoms with van der Waals surface area (Å²) in [6.45, 7) is 6.15. The van der Waals surface area contributed by atoms with E-state index in [4.69, 9.17) is 4.98 Å². The second-order valence-corrected chi connectivity index (χ2v) is 12.9. The van der Waals surface area contributed by atoms with Crippen LogP contribution in [0.15, 0.2) is 109 Å². The van der Waals surface area contributed by atoms with Crippen LogP contribution in [0.3, 0.4) is 0 Å². The first kappa shape index (κ1) is 30.5. The van der Waals surface area contributed by atoms with Gasteiger partial charge in [0.1, 0.15) is 5.82 Å². The number of fused-ring (bicyclic) bond motifs is 1.